The topological polar surface area (TPSA) is 68.5 Å². The van der Waals surface area contributed by atoms with E-state index in [-0.39, 0.29) is 12.0 Å². The Balaban J connectivity index is 1.46. The smallest absolute Gasteiger partial charge is 0.289 e. The van der Waals surface area contributed by atoms with E-state index >= 15 is 0 Å². The Hall–Kier alpha value is -2.89. The summed E-state index contributed by atoms with van der Waals surface area (Å²) < 4.78 is 11.6. The highest BCUT2D eigenvalue weighted by atomic mass is 16.5. The zero-order valence-corrected chi connectivity index (χ0v) is 14.0. The fourth-order valence-corrected chi connectivity index (χ4v) is 3.08. The molecule has 3 heterocycles. The van der Waals surface area contributed by atoms with Crippen LogP contribution in [0.5, 0.6) is 5.88 Å². The molecule has 1 saturated heterocycles. The van der Waals surface area contributed by atoms with Crippen molar-refractivity contribution in [3.05, 3.63) is 53.9 Å². The molecular weight excluding hydrogens is 318 g/mol. The van der Waals surface area contributed by atoms with Crippen LogP contribution in [0.25, 0.3) is 11.0 Å². The van der Waals surface area contributed by atoms with Crippen molar-refractivity contribution in [1.82, 2.24) is 15.1 Å². The molecule has 3 aromatic rings. The first-order valence-corrected chi connectivity index (χ1v) is 8.44. The minimum Gasteiger partial charge on any atom is -0.471 e. The number of ether oxygens (including phenoxy) is 1. The van der Waals surface area contributed by atoms with Crippen LogP contribution in [-0.4, -0.2) is 40.2 Å². The number of nitrogens with zero attached hydrogens (tertiary/aromatic N) is 3. The van der Waals surface area contributed by atoms with Crippen molar-refractivity contribution < 1.29 is 13.9 Å². The number of hydrogen-bond donors (Lipinski definition) is 0. The lowest BCUT2D eigenvalue weighted by Crippen LogP contribution is -2.44. The minimum atomic E-state index is -0.0977. The molecule has 6 nitrogen and oxygen atoms in total. The number of carbonyl (C=O) groups excluding carboxylic acids is 1. The number of carbonyl (C=O) groups is 1. The Bertz CT molecular complexity index is 855. The Kier molecular flexibility index (Phi) is 4.09. The maximum atomic E-state index is 12.8. The third-order valence-electron chi connectivity index (χ3n) is 4.36. The number of likely N-dealkylation sites (tertiary alicyclic amines) is 1. The molecule has 6 heteroatoms. The number of para-hydroxylation sites is 1. The van der Waals surface area contributed by atoms with Crippen molar-refractivity contribution in [2.75, 3.05) is 13.1 Å². The molecule has 1 atom stereocenters. The van der Waals surface area contributed by atoms with Gasteiger partial charge in [-0.15, -0.1) is 5.10 Å². The van der Waals surface area contributed by atoms with E-state index in [0.29, 0.717) is 24.7 Å². The zero-order valence-electron chi connectivity index (χ0n) is 14.0. The van der Waals surface area contributed by atoms with Gasteiger partial charge >= 0.3 is 0 Å². The maximum absolute atomic E-state index is 12.8. The Morgan fingerprint density at radius 2 is 2.12 bits per heavy atom. The summed E-state index contributed by atoms with van der Waals surface area (Å²) in [5.74, 6) is 0.769. The molecule has 0 saturated carbocycles. The highest BCUT2D eigenvalue weighted by Gasteiger charge is 2.27. The van der Waals surface area contributed by atoms with Crippen molar-refractivity contribution in [3.63, 3.8) is 0 Å². The molecule has 0 bridgehead atoms. The summed E-state index contributed by atoms with van der Waals surface area (Å²) in [6.45, 7) is 3.10. The average Bonchev–Trinajstić information content (AvgIpc) is 3.07. The molecule has 4 rings (SSSR count). The standard InChI is InChI=1S/C19H19N3O3/c1-13-8-9-18(21-20-13)24-15-6-4-10-22(12-15)19(23)17-11-14-5-2-3-7-16(14)25-17/h2-3,5,7-9,11,15H,4,6,10,12H2,1H3/t15-/m0/s1. The van der Waals surface area contributed by atoms with Crippen LogP contribution < -0.4 is 4.74 Å². The Morgan fingerprint density at radius 3 is 2.92 bits per heavy atom. The quantitative estimate of drug-likeness (QED) is 0.734. The number of benzene rings is 1. The molecule has 128 valence electrons. The van der Waals surface area contributed by atoms with Gasteiger partial charge in [-0.2, -0.15) is 5.10 Å². The second-order valence-corrected chi connectivity index (χ2v) is 6.29. The normalized spacial score (nSPS) is 17.6. The first-order valence-electron chi connectivity index (χ1n) is 8.44. The lowest BCUT2D eigenvalue weighted by molar-refractivity contribution is 0.0500. The number of piperidine rings is 1. The number of furan rings is 1. The minimum absolute atomic E-state index is 0.0842. The van der Waals surface area contributed by atoms with Gasteiger partial charge in [0.05, 0.1) is 12.2 Å². The molecule has 0 N–H and O–H groups in total. The van der Waals surface area contributed by atoms with Crippen LogP contribution >= 0.6 is 0 Å². The second-order valence-electron chi connectivity index (χ2n) is 6.29. The van der Waals surface area contributed by atoms with Crippen LogP contribution in [0.1, 0.15) is 29.1 Å². The molecule has 0 unspecified atom stereocenters. The predicted octanol–water partition coefficient (Wildman–Crippen LogP) is 3.21. The van der Waals surface area contributed by atoms with Gasteiger partial charge < -0.3 is 14.1 Å². The van der Waals surface area contributed by atoms with E-state index in [1.807, 2.05) is 43.3 Å². The summed E-state index contributed by atoms with van der Waals surface area (Å²) in [5.41, 5.74) is 1.57. The highest BCUT2D eigenvalue weighted by molar-refractivity contribution is 5.96. The van der Waals surface area contributed by atoms with Crippen LogP contribution in [0.4, 0.5) is 0 Å². The molecule has 2 aromatic heterocycles. The van der Waals surface area contributed by atoms with Crippen LogP contribution in [-0.2, 0) is 0 Å². The second kappa shape index (κ2) is 6.55. The van der Waals surface area contributed by atoms with Crippen LogP contribution in [0.3, 0.4) is 0 Å². The zero-order chi connectivity index (χ0) is 17.2. The number of aromatic nitrogens is 2. The van der Waals surface area contributed by atoms with Crippen LogP contribution in [0.2, 0.25) is 0 Å². The first-order chi connectivity index (χ1) is 12.2. The number of rotatable bonds is 3. The number of hydrogen-bond acceptors (Lipinski definition) is 5. The van der Waals surface area contributed by atoms with Gasteiger partial charge in [0.25, 0.3) is 5.91 Å². The van der Waals surface area contributed by atoms with Gasteiger partial charge in [-0.3, -0.25) is 4.79 Å². The summed E-state index contributed by atoms with van der Waals surface area (Å²) in [6.07, 6.45) is 1.69. The van der Waals surface area contributed by atoms with E-state index < -0.39 is 0 Å². The van der Waals surface area contributed by atoms with Gasteiger partial charge in [-0.1, -0.05) is 18.2 Å². The van der Waals surface area contributed by atoms with Gasteiger partial charge in [0.2, 0.25) is 5.88 Å². The van der Waals surface area contributed by atoms with Crippen LogP contribution in [0, 0.1) is 6.92 Å². The molecule has 1 aliphatic heterocycles. The molecule has 0 spiro atoms. The first kappa shape index (κ1) is 15.6. The summed E-state index contributed by atoms with van der Waals surface area (Å²) in [5, 5.41) is 8.97. The number of aryl methyl sites for hydroxylation is 1. The summed E-state index contributed by atoms with van der Waals surface area (Å²) in [4.78, 5) is 14.5. The number of fused-ring (bicyclic) bond motifs is 1. The fourth-order valence-electron chi connectivity index (χ4n) is 3.08. The van der Waals surface area contributed by atoms with Gasteiger partial charge in [-0.05, 0) is 38.0 Å². The highest BCUT2D eigenvalue weighted by Crippen LogP contribution is 2.22. The third-order valence-corrected chi connectivity index (χ3v) is 4.36. The number of amides is 1. The molecule has 0 radical (unpaired) electrons. The van der Waals surface area contributed by atoms with Crippen molar-refractivity contribution in [3.8, 4) is 5.88 Å². The van der Waals surface area contributed by atoms with Crippen molar-refractivity contribution >= 4 is 16.9 Å². The monoisotopic (exact) mass is 337 g/mol. The fraction of sp³-hybridized carbons (Fsp3) is 0.316. The maximum Gasteiger partial charge on any atom is 0.289 e. The van der Waals surface area contributed by atoms with E-state index in [0.717, 1.165) is 29.5 Å². The van der Waals surface area contributed by atoms with Gasteiger partial charge in [0, 0.05) is 18.0 Å². The van der Waals surface area contributed by atoms with Crippen LogP contribution in [0.15, 0.2) is 46.9 Å². The molecular formula is C19H19N3O3. The van der Waals surface area contributed by atoms with E-state index in [4.69, 9.17) is 9.15 Å². The average molecular weight is 337 g/mol. The van der Waals surface area contributed by atoms with E-state index in [2.05, 4.69) is 10.2 Å². The van der Waals surface area contributed by atoms with Gasteiger partial charge in [0.15, 0.2) is 5.76 Å². The molecule has 25 heavy (non-hydrogen) atoms. The lowest BCUT2D eigenvalue weighted by Gasteiger charge is -2.32. The lowest BCUT2D eigenvalue weighted by atomic mass is 10.1. The van der Waals surface area contributed by atoms with Crippen molar-refractivity contribution in [2.45, 2.75) is 25.9 Å². The predicted molar refractivity (Wildman–Crippen MR) is 92.5 cm³/mol. The van der Waals surface area contributed by atoms with E-state index in [9.17, 15) is 4.79 Å². The van der Waals surface area contributed by atoms with Crippen molar-refractivity contribution in [2.24, 2.45) is 0 Å². The summed E-state index contributed by atoms with van der Waals surface area (Å²) in [6, 6.07) is 13.1. The van der Waals surface area contributed by atoms with E-state index in [1.165, 1.54) is 0 Å². The summed E-state index contributed by atoms with van der Waals surface area (Å²) in [7, 11) is 0. The Labute approximate surface area is 145 Å². The molecule has 1 aliphatic rings. The van der Waals surface area contributed by atoms with Gasteiger partial charge in [0.1, 0.15) is 11.7 Å². The molecule has 1 aromatic carbocycles. The van der Waals surface area contributed by atoms with E-state index in [1.54, 1.807) is 11.0 Å². The Morgan fingerprint density at radius 1 is 1.24 bits per heavy atom. The van der Waals surface area contributed by atoms with Gasteiger partial charge in [-0.25, -0.2) is 0 Å². The van der Waals surface area contributed by atoms with Crippen molar-refractivity contribution in [1.29, 1.82) is 0 Å². The SMILES string of the molecule is Cc1ccc(O[C@H]2CCCN(C(=O)c3cc4ccccc4o3)C2)nn1. The molecule has 0 aliphatic carbocycles. The molecule has 1 fully saturated rings. The molecule has 1 amide bonds. The largest absolute Gasteiger partial charge is 0.471 e. The third kappa shape index (κ3) is 3.33. The summed E-state index contributed by atoms with van der Waals surface area (Å²) >= 11 is 0.